The molecule has 0 aromatic heterocycles. The first-order chi connectivity index (χ1) is 7.70. The van der Waals surface area contributed by atoms with Crippen LogP contribution in [0.1, 0.15) is 49.0 Å². The third-order valence-electron chi connectivity index (χ3n) is 3.11. The average molecular weight is 217 g/mol. The van der Waals surface area contributed by atoms with Crippen LogP contribution in [0.25, 0.3) is 0 Å². The molecule has 1 atom stereocenters. The molecule has 0 bridgehead atoms. The normalized spacial score (nSPS) is 18.0. The molecule has 86 valence electrons. The van der Waals surface area contributed by atoms with Gasteiger partial charge in [-0.3, -0.25) is 4.79 Å². The number of nitrogens with one attached hydrogen (secondary N) is 1. The zero-order chi connectivity index (χ0) is 11.5. The Morgan fingerprint density at radius 1 is 1.50 bits per heavy atom. The highest BCUT2D eigenvalue weighted by Crippen LogP contribution is 2.27. The molecule has 1 aliphatic heterocycles. The molecular weight excluding hydrogens is 198 g/mol. The lowest BCUT2D eigenvalue weighted by Gasteiger charge is -2.04. The second-order valence-corrected chi connectivity index (χ2v) is 4.65. The number of carbonyl (C=O) groups is 1. The first-order valence-corrected chi connectivity index (χ1v) is 6.13. The number of carbonyl (C=O) groups excluding carboxylic acids is 1. The molecule has 0 amide bonds. The lowest BCUT2D eigenvalue weighted by atomic mass is 10.0. The number of anilines is 1. The molecule has 1 aromatic carbocycles. The van der Waals surface area contributed by atoms with E-state index in [1.807, 2.05) is 12.1 Å². The maximum Gasteiger partial charge on any atom is 0.162 e. The van der Waals surface area contributed by atoms with E-state index in [-0.39, 0.29) is 5.78 Å². The number of Topliss-reactive ketones (excluding diaryl/α,β-unsaturated/α-hetero) is 1. The minimum Gasteiger partial charge on any atom is -0.382 e. The molecule has 0 spiro atoms. The molecule has 1 aliphatic rings. The largest absolute Gasteiger partial charge is 0.382 e. The third-order valence-corrected chi connectivity index (χ3v) is 3.11. The number of unbranched alkanes of at least 4 members (excludes halogenated alkanes) is 1. The SMILES string of the molecule is CCCCC(=O)c1ccc2c(c1)CC(C)N2. The Morgan fingerprint density at radius 2 is 2.31 bits per heavy atom. The molecule has 0 saturated carbocycles. The van der Waals surface area contributed by atoms with Crippen LogP contribution in [0, 0.1) is 0 Å². The second kappa shape index (κ2) is 4.69. The van der Waals surface area contributed by atoms with E-state index in [4.69, 9.17) is 0 Å². The Labute approximate surface area is 97.1 Å². The van der Waals surface area contributed by atoms with Crippen LogP contribution >= 0.6 is 0 Å². The summed E-state index contributed by atoms with van der Waals surface area (Å²) in [5.41, 5.74) is 3.36. The van der Waals surface area contributed by atoms with Gasteiger partial charge in [-0.05, 0) is 43.5 Å². The summed E-state index contributed by atoms with van der Waals surface area (Å²) in [6.45, 7) is 4.28. The van der Waals surface area contributed by atoms with Crippen LogP contribution in [0.5, 0.6) is 0 Å². The van der Waals surface area contributed by atoms with Gasteiger partial charge in [0.2, 0.25) is 0 Å². The summed E-state index contributed by atoms with van der Waals surface area (Å²) in [4.78, 5) is 11.9. The highest BCUT2D eigenvalue weighted by Gasteiger charge is 2.17. The minimum absolute atomic E-state index is 0.282. The molecular formula is C14H19NO. The van der Waals surface area contributed by atoms with Crippen molar-refractivity contribution in [2.45, 2.75) is 45.6 Å². The Balaban J connectivity index is 2.13. The van der Waals surface area contributed by atoms with Crippen LogP contribution in [0.2, 0.25) is 0 Å². The summed E-state index contributed by atoms with van der Waals surface area (Å²) in [6.07, 6.45) is 3.78. The van der Waals surface area contributed by atoms with Crippen molar-refractivity contribution in [2.24, 2.45) is 0 Å². The zero-order valence-electron chi connectivity index (χ0n) is 10.0. The second-order valence-electron chi connectivity index (χ2n) is 4.65. The lowest BCUT2D eigenvalue weighted by molar-refractivity contribution is 0.0979. The molecule has 0 aliphatic carbocycles. The van der Waals surface area contributed by atoms with Crippen molar-refractivity contribution in [3.63, 3.8) is 0 Å². The summed E-state index contributed by atoms with van der Waals surface area (Å²) < 4.78 is 0. The molecule has 2 rings (SSSR count). The van der Waals surface area contributed by atoms with E-state index in [2.05, 4.69) is 25.2 Å². The monoisotopic (exact) mass is 217 g/mol. The molecule has 0 fully saturated rings. The Kier molecular flexibility index (Phi) is 3.28. The van der Waals surface area contributed by atoms with Gasteiger partial charge in [0.15, 0.2) is 5.78 Å². The predicted molar refractivity (Wildman–Crippen MR) is 67.1 cm³/mol. The van der Waals surface area contributed by atoms with E-state index in [1.54, 1.807) is 0 Å². The van der Waals surface area contributed by atoms with Gasteiger partial charge in [-0.1, -0.05) is 13.3 Å². The number of rotatable bonds is 4. The van der Waals surface area contributed by atoms with Crippen molar-refractivity contribution in [1.82, 2.24) is 0 Å². The van der Waals surface area contributed by atoms with Crippen LogP contribution in [-0.4, -0.2) is 11.8 Å². The molecule has 2 nitrogen and oxygen atoms in total. The number of ketones is 1. The highest BCUT2D eigenvalue weighted by molar-refractivity contribution is 5.96. The molecule has 2 heteroatoms. The van der Waals surface area contributed by atoms with Gasteiger partial charge in [0.1, 0.15) is 0 Å². The fourth-order valence-electron chi connectivity index (χ4n) is 2.20. The zero-order valence-corrected chi connectivity index (χ0v) is 10.0. The third kappa shape index (κ3) is 2.26. The first kappa shape index (κ1) is 11.2. The standard InChI is InChI=1S/C14H19NO/c1-3-4-5-14(16)11-6-7-13-12(9-11)8-10(2)15-13/h6-7,9-10,15H,3-5,8H2,1-2H3. The van der Waals surface area contributed by atoms with Crippen molar-refractivity contribution in [3.8, 4) is 0 Å². The van der Waals surface area contributed by atoms with Gasteiger partial charge in [-0.25, -0.2) is 0 Å². The van der Waals surface area contributed by atoms with E-state index >= 15 is 0 Å². The maximum atomic E-state index is 11.9. The smallest absolute Gasteiger partial charge is 0.162 e. The topological polar surface area (TPSA) is 29.1 Å². The molecule has 1 aromatic rings. The molecule has 0 radical (unpaired) electrons. The van der Waals surface area contributed by atoms with E-state index in [1.165, 1.54) is 11.3 Å². The van der Waals surface area contributed by atoms with Crippen LogP contribution in [-0.2, 0) is 6.42 Å². The molecule has 16 heavy (non-hydrogen) atoms. The van der Waals surface area contributed by atoms with Crippen molar-refractivity contribution in [2.75, 3.05) is 5.32 Å². The van der Waals surface area contributed by atoms with Crippen molar-refractivity contribution in [1.29, 1.82) is 0 Å². The van der Waals surface area contributed by atoms with Gasteiger partial charge in [-0.2, -0.15) is 0 Å². The van der Waals surface area contributed by atoms with Crippen LogP contribution in [0.4, 0.5) is 5.69 Å². The Hall–Kier alpha value is -1.31. The summed E-state index contributed by atoms with van der Waals surface area (Å²) in [7, 11) is 0. The summed E-state index contributed by atoms with van der Waals surface area (Å²) in [5, 5.41) is 3.40. The quantitative estimate of drug-likeness (QED) is 0.783. The minimum atomic E-state index is 0.282. The predicted octanol–water partition coefficient (Wildman–Crippen LogP) is 3.42. The first-order valence-electron chi connectivity index (χ1n) is 6.13. The van der Waals surface area contributed by atoms with Crippen LogP contribution < -0.4 is 5.32 Å². The summed E-state index contributed by atoms with van der Waals surface area (Å²) >= 11 is 0. The van der Waals surface area contributed by atoms with Gasteiger partial charge in [0, 0.05) is 23.7 Å². The van der Waals surface area contributed by atoms with Crippen molar-refractivity contribution < 1.29 is 4.79 Å². The van der Waals surface area contributed by atoms with Gasteiger partial charge in [0.25, 0.3) is 0 Å². The molecule has 1 unspecified atom stereocenters. The summed E-state index contributed by atoms with van der Waals surface area (Å²) in [6, 6.07) is 6.54. The molecule has 1 N–H and O–H groups in total. The summed E-state index contributed by atoms with van der Waals surface area (Å²) in [5.74, 6) is 0.282. The van der Waals surface area contributed by atoms with Gasteiger partial charge < -0.3 is 5.32 Å². The van der Waals surface area contributed by atoms with E-state index < -0.39 is 0 Å². The van der Waals surface area contributed by atoms with E-state index in [0.717, 1.165) is 24.8 Å². The maximum absolute atomic E-state index is 11.9. The fourth-order valence-corrected chi connectivity index (χ4v) is 2.20. The average Bonchev–Trinajstić information content (AvgIpc) is 2.64. The highest BCUT2D eigenvalue weighted by atomic mass is 16.1. The number of fused-ring (bicyclic) bond motifs is 1. The molecule has 0 saturated heterocycles. The Morgan fingerprint density at radius 3 is 3.06 bits per heavy atom. The van der Waals surface area contributed by atoms with Gasteiger partial charge in [0.05, 0.1) is 0 Å². The van der Waals surface area contributed by atoms with Crippen molar-refractivity contribution >= 4 is 11.5 Å². The van der Waals surface area contributed by atoms with Crippen molar-refractivity contribution in [3.05, 3.63) is 29.3 Å². The van der Waals surface area contributed by atoms with Gasteiger partial charge >= 0.3 is 0 Å². The lowest BCUT2D eigenvalue weighted by Crippen LogP contribution is -2.08. The van der Waals surface area contributed by atoms with E-state index in [0.29, 0.717) is 12.5 Å². The number of hydrogen-bond donors (Lipinski definition) is 1. The van der Waals surface area contributed by atoms with Crippen LogP contribution in [0.3, 0.4) is 0 Å². The van der Waals surface area contributed by atoms with Gasteiger partial charge in [-0.15, -0.1) is 0 Å². The Bertz CT molecular complexity index is 398. The van der Waals surface area contributed by atoms with E-state index in [9.17, 15) is 4.79 Å². The number of hydrogen-bond acceptors (Lipinski definition) is 2. The van der Waals surface area contributed by atoms with Crippen LogP contribution in [0.15, 0.2) is 18.2 Å². The fraction of sp³-hybridized carbons (Fsp3) is 0.500. The molecule has 1 heterocycles. The number of benzene rings is 1.